The van der Waals surface area contributed by atoms with Gasteiger partial charge in [-0.05, 0) is 19.8 Å². The van der Waals surface area contributed by atoms with E-state index in [0.29, 0.717) is 0 Å². The van der Waals surface area contributed by atoms with Crippen LogP contribution in [0.5, 0.6) is 0 Å². The van der Waals surface area contributed by atoms with Crippen molar-refractivity contribution in [2.45, 2.75) is 32.6 Å². The standard InChI is InChI=1S/C10H13/c1-3-5-7-9-10-8-6-4-2/h1,7-10H2,2H3. The van der Waals surface area contributed by atoms with E-state index in [9.17, 15) is 0 Å². The van der Waals surface area contributed by atoms with Crippen LogP contribution >= 0.6 is 0 Å². The average molecular weight is 133 g/mol. The van der Waals surface area contributed by atoms with Crippen molar-refractivity contribution in [3.8, 4) is 23.7 Å². The normalized spacial score (nSPS) is 7.00. The van der Waals surface area contributed by atoms with Crippen molar-refractivity contribution < 1.29 is 0 Å². The summed E-state index contributed by atoms with van der Waals surface area (Å²) in [6.07, 6.45) is 4.29. The predicted octanol–water partition coefficient (Wildman–Crippen LogP) is 2.41. The molecule has 0 aliphatic carbocycles. The first-order valence-corrected chi connectivity index (χ1v) is 3.56. The number of rotatable bonds is 3. The molecule has 0 atom stereocenters. The summed E-state index contributed by atoms with van der Waals surface area (Å²) in [5, 5.41) is 0. The van der Waals surface area contributed by atoms with Gasteiger partial charge in [0.1, 0.15) is 0 Å². The van der Waals surface area contributed by atoms with Crippen LogP contribution < -0.4 is 0 Å². The lowest BCUT2D eigenvalue weighted by molar-refractivity contribution is 0.782. The summed E-state index contributed by atoms with van der Waals surface area (Å²) in [6.45, 7) is 5.30. The van der Waals surface area contributed by atoms with E-state index in [1.54, 1.807) is 0 Å². The van der Waals surface area contributed by atoms with Crippen LogP contribution in [-0.2, 0) is 0 Å². The van der Waals surface area contributed by atoms with E-state index in [2.05, 4.69) is 30.6 Å². The van der Waals surface area contributed by atoms with Gasteiger partial charge >= 0.3 is 0 Å². The highest BCUT2D eigenvalue weighted by Gasteiger charge is 1.80. The van der Waals surface area contributed by atoms with Gasteiger partial charge < -0.3 is 0 Å². The van der Waals surface area contributed by atoms with Gasteiger partial charge in [-0.2, -0.15) is 0 Å². The van der Waals surface area contributed by atoms with Crippen LogP contribution in [0.15, 0.2) is 0 Å². The van der Waals surface area contributed by atoms with E-state index in [0.717, 1.165) is 25.7 Å². The molecule has 0 aromatic rings. The van der Waals surface area contributed by atoms with Crippen molar-refractivity contribution in [3.63, 3.8) is 0 Å². The molecule has 0 fully saturated rings. The van der Waals surface area contributed by atoms with Crippen molar-refractivity contribution >= 4 is 0 Å². The second-order valence-corrected chi connectivity index (χ2v) is 1.99. The first-order valence-electron chi connectivity index (χ1n) is 3.56. The Kier molecular flexibility index (Phi) is 7.41. The maximum atomic E-state index is 3.43. The van der Waals surface area contributed by atoms with Crippen LogP contribution in [0.4, 0.5) is 0 Å². The van der Waals surface area contributed by atoms with E-state index >= 15 is 0 Å². The van der Waals surface area contributed by atoms with E-state index in [1.807, 2.05) is 6.92 Å². The first-order chi connectivity index (χ1) is 4.91. The van der Waals surface area contributed by atoms with Crippen LogP contribution in [0.3, 0.4) is 0 Å². The molecular formula is C10H13. The van der Waals surface area contributed by atoms with Crippen molar-refractivity contribution in [2.24, 2.45) is 0 Å². The zero-order chi connectivity index (χ0) is 7.66. The van der Waals surface area contributed by atoms with Crippen LogP contribution in [0.25, 0.3) is 0 Å². The van der Waals surface area contributed by atoms with Crippen LogP contribution in [0.1, 0.15) is 32.6 Å². The summed E-state index contributed by atoms with van der Waals surface area (Å²) in [7, 11) is 0. The van der Waals surface area contributed by atoms with Gasteiger partial charge in [0, 0.05) is 19.8 Å². The summed E-state index contributed by atoms with van der Waals surface area (Å²) in [6, 6.07) is 0. The highest BCUT2D eigenvalue weighted by molar-refractivity contribution is 5.01. The molecule has 0 aromatic heterocycles. The molecule has 0 rings (SSSR count). The van der Waals surface area contributed by atoms with Crippen molar-refractivity contribution in [1.29, 1.82) is 0 Å². The zero-order valence-corrected chi connectivity index (χ0v) is 6.54. The molecule has 10 heavy (non-hydrogen) atoms. The Morgan fingerprint density at radius 2 is 1.70 bits per heavy atom. The van der Waals surface area contributed by atoms with Crippen LogP contribution in [0, 0.1) is 30.6 Å². The third-order valence-electron chi connectivity index (χ3n) is 1.16. The topological polar surface area (TPSA) is 0 Å². The minimum Gasteiger partial charge on any atom is -0.107 e. The summed E-state index contributed by atoms with van der Waals surface area (Å²) < 4.78 is 0. The molecule has 0 heteroatoms. The smallest absolute Gasteiger partial charge is 0.0198 e. The molecule has 53 valence electrons. The van der Waals surface area contributed by atoms with Gasteiger partial charge in [-0.15, -0.1) is 23.7 Å². The lowest BCUT2D eigenvalue weighted by atomic mass is 10.2. The Morgan fingerprint density at radius 1 is 1.10 bits per heavy atom. The summed E-state index contributed by atoms with van der Waals surface area (Å²) in [5.74, 6) is 11.4. The van der Waals surface area contributed by atoms with E-state index in [4.69, 9.17) is 0 Å². The molecule has 0 aliphatic heterocycles. The second-order valence-electron chi connectivity index (χ2n) is 1.99. The molecule has 0 spiro atoms. The van der Waals surface area contributed by atoms with Gasteiger partial charge in [0.2, 0.25) is 0 Å². The molecule has 0 N–H and O–H groups in total. The Labute approximate surface area is 64.0 Å². The Hall–Kier alpha value is -0.880. The lowest BCUT2D eigenvalue weighted by Crippen LogP contribution is -1.72. The van der Waals surface area contributed by atoms with Gasteiger partial charge in [-0.3, -0.25) is 0 Å². The Balaban J connectivity index is 3.00. The van der Waals surface area contributed by atoms with Gasteiger partial charge in [0.15, 0.2) is 0 Å². The minimum absolute atomic E-state index is 0.967. The average Bonchev–Trinajstić information content (AvgIpc) is 1.97. The van der Waals surface area contributed by atoms with Gasteiger partial charge in [0.25, 0.3) is 0 Å². The number of hydrogen-bond acceptors (Lipinski definition) is 0. The van der Waals surface area contributed by atoms with Gasteiger partial charge in [0.05, 0.1) is 0 Å². The van der Waals surface area contributed by atoms with Crippen molar-refractivity contribution in [2.75, 3.05) is 0 Å². The number of hydrogen-bond donors (Lipinski definition) is 0. The SMILES string of the molecule is [CH2]C#CCCCCC#CC. The Bertz CT molecular complexity index is 146. The summed E-state index contributed by atoms with van der Waals surface area (Å²) in [5.41, 5.74) is 0. The molecule has 0 saturated carbocycles. The molecule has 0 saturated heterocycles. The Morgan fingerprint density at radius 3 is 2.20 bits per heavy atom. The van der Waals surface area contributed by atoms with Crippen LogP contribution in [-0.4, -0.2) is 0 Å². The predicted molar refractivity (Wildman–Crippen MR) is 45.1 cm³/mol. The van der Waals surface area contributed by atoms with Gasteiger partial charge in [-0.25, -0.2) is 0 Å². The minimum atomic E-state index is 0.967. The third kappa shape index (κ3) is 7.12. The fourth-order valence-electron chi connectivity index (χ4n) is 0.640. The van der Waals surface area contributed by atoms with Crippen molar-refractivity contribution in [1.82, 2.24) is 0 Å². The van der Waals surface area contributed by atoms with Crippen molar-refractivity contribution in [3.05, 3.63) is 6.92 Å². The maximum absolute atomic E-state index is 3.43. The van der Waals surface area contributed by atoms with E-state index in [-0.39, 0.29) is 0 Å². The van der Waals surface area contributed by atoms with Gasteiger partial charge in [-0.1, -0.05) is 0 Å². The largest absolute Gasteiger partial charge is 0.107 e. The molecule has 0 aromatic carbocycles. The quantitative estimate of drug-likeness (QED) is 0.409. The highest BCUT2D eigenvalue weighted by Crippen LogP contribution is 1.96. The monoisotopic (exact) mass is 133 g/mol. The number of unbranched alkanes of at least 4 members (excludes halogenated alkanes) is 3. The molecule has 1 radical (unpaired) electrons. The van der Waals surface area contributed by atoms with E-state index in [1.165, 1.54) is 0 Å². The molecule has 0 unspecified atom stereocenters. The fraction of sp³-hybridized carbons (Fsp3) is 0.500. The molecule has 0 nitrogen and oxygen atoms in total. The molecule has 0 bridgehead atoms. The second kappa shape index (κ2) is 8.12. The summed E-state index contributed by atoms with van der Waals surface area (Å²) >= 11 is 0. The molecule has 0 amide bonds. The van der Waals surface area contributed by atoms with E-state index < -0.39 is 0 Å². The molecular weight excluding hydrogens is 120 g/mol. The molecule has 0 aliphatic rings. The summed E-state index contributed by atoms with van der Waals surface area (Å²) in [4.78, 5) is 0. The van der Waals surface area contributed by atoms with Crippen LogP contribution in [0.2, 0.25) is 0 Å². The zero-order valence-electron chi connectivity index (χ0n) is 6.54. The highest BCUT2D eigenvalue weighted by atomic mass is 13.8. The molecule has 0 heterocycles. The first kappa shape index (κ1) is 9.12. The third-order valence-corrected chi connectivity index (χ3v) is 1.16. The fourth-order valence-corrected chi connectivity index (χ4v) is 0.640. The lowest BCUT2D eigenvalue weighted by Gasteiger charge is -1.87. The maximum Gasteiger partial charge on any atom is 0.0198 e.